The molecule has 2 aromatic heterocycles. The average molecular weight is 562 g/mol. The van der Waals surface area contributed by atoms with Gasteiger partial charge in [0.05, 0.1) is 12.6 Å². The Morgan fingerprint density at radius 3 is 2.79 bits per heavy atom. The number of nitrogens with zero attached hydrogens (tertiary/aromatic N) is 2. The monoisotopic (exact) mass is 561 g/mol. The molecule has 3 heterocycles. The van der Waals surface area contributed by atoms with Gasteiger partial charge < -0.3 is 10.1 Å². The summed E-state index contributed by atoms with van der Waals surface area (Å²) in [6.07, 6.45) is 4.54. The Morgan fingerprint density at radius 2 is 1.95 bits per heavy atom. The molecule has 1 unspecified atom stereocenters. The van der Waals surface area contributed by atoms with Crippen molar-refractivity contribution in [3.63, 3.8) is 0 Å². The number of carbonyl (C=O) groups is 1. The van der Waals surface area contributed by atoms with E-state index in [1.807, 2.05) is 48.5 Å². The Balaban J connectivity index is 1.35. The van der Waals surface area contributed by atoms with E-state index in [4.69, 9.17) is 27.9 Å². The van der Waals surface area contributed by atoms with Crippen LogP contribution >= 0.6 is 34.5 Å². The minimum Gasteiger partial charge on any atom is -0.493 e. The zero-order valence-corrected chi connectivity index (χ0v) is 22.3. The van der Waals surface area contributed by atoms with Crippen LogP contribution in [0.4, 0.5) is 0 Å². The number of thiazole rings is 1. The smallest absolute Gasteiger partial charge is 0.271 e. The van der Waals surface area contributed by atoms with Crippen molar-refractivity contribution in [2.24, 2.45) is 0 Å². The summed E-state index contributed by atoms with van der Waals surface area (Å²) >= 11 is 14.3. The fourth-order valence-corrected chi connectivity index (χ4v) is 6.01. The maximum atomic E-state index is 13.5. The summed E-state index contributed by atoms with van der Waals surface area (Å²) in [7, 11) is 0. The van der Waals surface area contributed by atoms with Crippen LogP contribution in [0, 0.1) is 0 Å². The number of amides is 1. The molecular formula is C29H21Cl2N3O3S. The van der Waals surface area contributed by atoms with Gasteiger partial charge in [-0.2, -0.15) is 0 Å². The van der Waals surface area contributed by atoms with Crippen LogP contribution in [0.3, 0.4) is 0 Å². The van der Waals surface area contributed by atoms with Gasteiger partial charge in [-0.15, -0.1) is 11.3 Å². The fourth-order valence-electron chi connectivity index (χ4n) is 4.64. The lowest BCUT2D eigenvalue weighted by Gasteiger charge is -2.22. The van der Waals surface area contributed by atoms with E-state index in [9.17, 15) is 9.59 Å². The second-order valence-electron chi connectivity index (χ2n) is 9.03. The third-order valence-electron chi connectivity index (χ3n) is 6.51. The molecule has 0 spiro atoms. The summed E-state index contributed by atoms with van der Waals surface area (Å²) in [4.78, 5) is 32.8. The van der Waals surface area contributed by atoms with Crippen molar-refractivity contribution in [1.29, 1.82) is 0 Å². The normalized spacial score (nSPS) is 13.2. The quantitative estimate of drug-likeness (QED) is 0.271. The summed E-state index contributed by atoms with van der Waals surface area (Å²) in [5.41, 5.74) is 3.13. The maximum absolute atomic E-state index is 13.5. The third kappa shape index (κ3) is 4.80. The molecule has 1 aliphatic heterocycles. The molecule has 38 heavy (non-hydrogen) atoms. The van der Waals surface area contributed by atoms with Gasteiger partial charge in [0.15, 0.2) is 4.96 Å². The molecule has 0 aliphatic carbocycles. The van der Waals surface area contributed by atoms with E-state index < -0.39 is 17.5 Å². The van der Waals surface area contributed by atoms with E-state index in [0.29, 0.717) is 33.6 Å². The lowest BCUT2D eigenvalue weighted by atomic mass is 9.96. The maximum Gasteiger partial charge on any atom is 0.271 e. The average Bonchev–Trinajstić information content (AvgIpc) is 3.56. The van der Waals surface area contributed by atoms with Crippen LogP contribution in [0.1, 0.15) is 43.5 Å². The Morgan fingerprint density at radius 1 is 1.11 bits per heavy atom. The van der Waals surface area contributed by atoms with Gasteiger partial charge in [-0.25, -0.2) is 4.98 Å². The summed E-state index contributed by atoms with van der Waals surface area (Å²) in [5, 5.41) is 3.94. The van der Waals surface area contributed by atoms with E-state index in [2.05, 4.69) is 10.3 Å². The largest absolute Gasteiger partial charge is 0.493 e. The number of rotatable bonds is 6. The first-order valence-electron chi connectivity index (χ1n) is 12.0. The second-order valence-corrected chi connectivity index (χ2v) is 11.0. The van der Waals surface area contributed by atoms with Crippen LogP contribution in [0.15, 0.2) is 83.9 Å². The number of hydrogen-bond acceptors (Lipinski definition) is 5. The Kier molecular flexibility index (Phi) is 6.66. The first-order valence-corrected chi connectivity index (χ1v) is 13.6. The Hall–Kier alpha value is -3.65. The molecule has 1 aliphatic rings. The predicted molar refractivity (Wildman–Crippen MR) is 150 cm³/mol. The highest BCUT2D eigenvalue weighted by Gasteiger charge is 2.25. The topological polar surface area (TPSA) is 72.7 Å². The van der Waals surface area contributed by atoms with Crippen LogP contribution in [0.2, 0.25) is 10.0 Å². The summed E-state index contributed by atoms with van der Waals surface area (Å²) in [6, 6.07) is 20.2. The molecule has 6 nitrogen and oxygen atoms in total. The summed E-state index contributed by atoms with van der Waals surface area (Å²) in [5.74, 6) is 0.276. The molecule has 9 heteroatoms. The second kappa shape index (κ2) is 10.3. The van der Waals surface area contributed by atoms with E-state index in [1.165, 1.54) is 21.9 Å². The molecule has 1 atom stereocenters. The first-order chi connectivity index (χ1) is 18.5. The van der Waals surface area contributed by atoms with Crippen molar-refractivity contribution >= 4 is 45.4 Å². The lowest BCUT2D eigenvalue weighted by Crippen LogP contribution is -2.34. The molecular weight excluding hydrogens is 541 g/mol. The van der Waals surface area contributed by atoms with Gasteiger partial charge in [0, 0.05) is 40.2 Å². The number of nitrogens with one attached hydrogen (secondary N) is 1. The molecule has 190 valence electrons. The van der Waals surface area contributed by atoms with Gasteiger partial charge >= 0.3 is 0 Å². The van der Waals surface area contributed by atoms with Crippen molar-refractivity contribution in [2.45, 2.75) is 18.9 Å². The van der Waals surface area contributed by atoms with Crippen LogP contribution in [-0.4, -0.2) is 21.9 Å². The lowest BCUT2D eigenvalue weighted by molar-refractivity contribution is 0.0941. The number of ether oxygens (including phenoxy) is 1. The molecule has 6 rings (SSSR count). The van der Waals surface area contributed by atoms with Crippen molar-refractivity contribution in [3.8, 4) is 5.75 Å². The van der Waals surface area contributed by atoms with E-state index >= 15 is 0 Å². The van der Waals surface area contributed by atoms with Gasteiger partial charge in [0.2, 0.25) is 0 Å². The third-order valence-corrected chi connectivity index (χ3v) is 8.09. The number of fused-ring (bicyclic) bond motifs is 2. The number of hydrogen-bond donors (Lipinski definition) is 1. The summed E-state index contributed by atoms with van der Waals surface area (Å²) in [6.45, 7) is 0.614. The first kappa shape index (κ1) is 24.7. The highest BCUT2D eigenvalue weighted by molar-refractivity contribution is 7.17. The molecule has 3 aromatic carbocycles. The fraction of sp³-hybridized carbons (Fsp3) is 0.138. The minimum atomic E-state index is -0.643. The van der Waals surface area contributed by atoms with Gasteiger partial charge in [0.1, 0.15) is 11.3 Å². The summed E-state index contributed by atoms with van der Waals surface area (Å²) < 4.78 is 7.08. The number of halogens is 2. The molecule has 0 saturated carbocycles. The van der Waals surface area contributed by atoms with Crippen molar-refractivity contribution in [3.05, 3.63) is 132 Å². The molecule has 5 aromatic rings. The molecule has 0 fully saturated rings. The Bertz CT molecular complexity index is 1730. The number of aromatic nitrogens is 2. The van der Waals surface area contributed by atoms with Crippen molar-refractivity contribution in [2.75, 3.05) is 6.61 Å². The zero-order valence-electron chi connectivity index (χ0n) is 20.0. The molecule has 0 bridgehead atoms. The number of benzene rings is 3. The standard InChI is InChI=1S/C29H21Cl2N3O3S/c30-20-7-8-24(31)22(14-20)26(19-6-9-25-18(13-19)10-11-37-25)33-27(35)23-15-32-29-34(28(23)36)16-21(38-29)12-17-4-2-1-3-5-17/h1-9,13-16,26H,10-12H2,(H,33,35). The Labute approximate surface area is 232 Å². The van der Waals surface area contributed by atoms with Crippen LogP contribution in [0.25, 0.3) is 4.96 Å². The van der Waals surface area contributed by atoms with Crippen LogP contribution in [0.5, 0.6) is 5.75 Å². The molecule has 1 N–H and O–H groups in total. The van der Waals surface area contributed by atoms with Crippen LogP contribution < -0.4 is 15.6 Å². The van der Waals surface area contributed by atoms with Crippen molar-refractivity contribution < 1.29 is 9.53 Å². The molecule has 0 radical (unpaired) electrons. The van der Waals surface area contributed by atoms with E-state index in [1.54, 1.807) is 24.4 Å². The zero-order chi connectivity index (χ0) is 26.2. The van der Waals surface area contributed by atoms with Gasteiger partial charge in [-0.3, -0.25) is 14.0 Å². The van der Waals surface area contributed by atoms with Gasteiger partial charge in [-0.1, -0.05) is 59.6 Å². The SMILES string of the molecule is O=C(NC(c1ccc2c(c1)CCO2)c1cc(Cl)ccc1Cl)c1cnc2sc(Cc3ccccc3)cn2c1=O. The number of carbonyl (C=O) groups excluding carboxylic acids is 1. The highest BCUT2D eigenvalue weighted by atomic mass is 35.5. The molecule has 1 amide bonds. The van der Waals surface area contributed by atoms with Gasteiger partial charge in [-0.05, 0) is 52.6 Å². The highest BCUT2D eigenvalue weighted by Crippen LogP contribution is 2.34. The van der Waals surface area contributed by atoms with E-state index in [0.717, 1.165) is 33.7 Å². The van der Waals surface area contributed by atoms with Gasteiger partial charge in [0.25, 0.3) is 11.5 Å². The van der Waals surface area contributed by atoms with Crippen molar-refractivity contribution in [1.82, 2.24) is 14.7 Å². The minimum absolute atomic E-state index is 0.0563. The van der Waals surface area contributed by atoms with Crippen LogP contribution in [-0.2, 0) is 12.8 Å². The molecule has 0 saturated heterocycles. The van der Waals surface area contributed by atoms with E-state index in [-0.39, 0.29) is 5.56 Å². The predicted octanol–water partition coefficient (Wildman–Crippen LogP) is 6.11.